The minimum absolute atomic E-state index is 0.0835. The molecule has 0 fully saturated rings. The molecule has 3 nitrogen and oxygen atoms in total. The zero-order valence-electron chi connectivity index (χ0n) is 12.8. The van der Waals surface area contributed by atoms with Crippen LogP contribution >= 0.6 is 8.38 Å². The van der Waals surface area contributed by atoms with Crippen LogP contribution in [0.5, 0.6) is 0 Å². The predicted molar refractivity (Wildman–Crippen MR) is 77.9 cm³/mol. The molecule has 0 bridgehead atoms. The molecular weight excluding hydrogens is 247 g/mol. The van der Waals surface area contributed by atoms with Crippen molar-refractivity contribution >= 4 is 14.2 Å². The topological polar surface area (TPSA) is 35.5 Å². The van der Waals surface area contributed by atoms with Crippen molar-refractivity contribution in [2.75, 3.05) is 13.2 Å². The summed E-state index contributed by atoms with van der Waals surface area (Å²) in [6.45, 7) is 13.2. The van der Waals surface area contributed by atoms with Gasteiger partial charge in [-0.15, -0.1) is 0 Å². The first kappa shape index (κ1) is 18.0. The van der Waals surface area contributed by atoms with E-state index in [1.807, 2.05) is 34.6 Å². The van der Waals surface area contributed by atoms with Crippen LogP contribution in [0.2, 0.25) is 0 Å². The fourth-order valence-corrected chi connectivity index (χ4v) is 3.62. The normalized spacial score (nSPS) is 13.9. The Balaban J connectivity index is 4.86. The molecule has 0 aliphatic carbocycles. The van der Waals surface area contributed by atoms with Gasteiger partial charge in [0.25, 0.3) is 0 Å². The second-order valence-corrected chi connectivity index (χ2v) is 7.10. The molecule has 0 aromatic heterocycles. The van der Waals surface area contributed by atoms with E-state index in [2.05, 4.69) is 6.92 Å². The van der Waals surface area contributed by atoms with E-state index in [4.69, 9.17) is 9.05 Å². The van der Waals surface area contributed by atoms with Gasteiger partial charge in [0.2, 0.25) is 0 Å². The number of carbonyl (C=O) groups is 1. The van der Waals surface area contributed by atoms with E-state index in [9.17, 15) is 4.79 Å². The molecule has 0 aromatic rings. The number of carbonyl (C=O) groups excluding carboxylic acids is 1. The van der Waals surface area contributed by atoms with Crippen molar-refractivity contribution in [3.8, 4) is 0 Å². The highest BCUT2D eigenvalue weighted by Crippen LogP contribution is 2.48. The van der Waals surface area contributed by atoms with Crippen molar-refractivity contribution < 1.29 is 13.8 Å². The largest absolute Gasteiger partial charge is 0.334 e. The summed E-state index contributed by atoms with van der Waals surface area (Å²) >= 11 is 0. The highest BCUT2D eigenvalue weighted by Gasteiger charge is 2.36. The Kier molecular flexibility index (Phi) is 9.02. The van der Waals surface area contributed by atoms with Crippen molar-refractivity contribution in [2.45, 2.75) is 66.5 Å². The second-order valence-electron chi connectivity index (χ2n) is 5.39. The summed E-state index contributed by atoms with van der Waals surface area (Å²) in [6, 6.07) is 0. The van der Waals surface area contributed by atoms with Crippen LogP contribution in [0.1, 0.15) is 60.8 Å². The van der Waals surface area contributed by atoms with Gasteiger partial charge >= 0.3 is 0 Å². The minimum Gasteiger partial charge on any atom is -0.334 e. The van der Waals surface area contributed by atoms with E-state index in [0.29, 0.717) is 13.2 Å². The minimum atomic E-state index is -1.09. The molecule has 0 amide bonds. The Labute approximate surface area is 114 Å². The molecule has 0 N–H and O–H groups in total. The van der Waals surface area contributed by atoms with E-state index >= 15 is 0 Å². The van der Waals surface area contributed by atoms with Crippen LogP contribution in [0.3, 0.4) is 0 Å². The van der Waals surface area contributed by atoms with Gasteiger partial charge in [-0.3, -0.25) is 4.79 Å². The summed E-state index contributed by atoms with van der Waals surface area (Å²) in [5.41, 5.74) is -0.410. The van der Waals surface area contributed by atoms with E-state index in [1.54, 1.807) is 0 Å². The summed E-state index contributed by atoms with van der Waals surface area (Å²) < 4.78 is 11.4. The third kappa shape index (κ3) is 6.26. The van der Waals surface area contributed by atoms with Crippen LogP contribution in [0.25, 0.3) is 0 Å². The Morgan fingerprint density at radius 2 is 1.61 bits per heavy atom. The fraction of sp³-hybridized carbons (Fsp3) is 0.929. The molecule has 0 saturated carbocycles. The molecule has 0 rings (SSSR count). The van der Waals surface area contributed by atoms with Crippen LogP contribution < -0.4 is 0 Å². The first-order valence-corrected chi connectivity index (χ1v) is 8.22. The first-order valence-electron chi connectivity index (χ1n) is 6.97. The quantitative estimate of drug-likeness (QED) is 0.580. The van der Waals surface area contributed by atoms with Gasteiger partial charge in [0.15, 0.2) is 8.38 Å². The molecular formula is C14H29O3P. The first-order chi connectivity index (χ1) is 8.38. The third-order valence-electron chi connectivity index (χ3n) is 2.64. The van der Waals surface area contributed by atoms with Crippen molar-refractivity contribution in [3.63, 3.8) is 0 Å². The molecule has 4 heteroatoms. The van der Waals surface area contributed by atoms with E-state index in [1.165, 1.54) is 0 Å². The number of Topliss-reactive ketones (excluding diaryl/α,β-unsaturated/α-hetero) is 1. The van der Waals surface area contributed by atoms with Crippen molar-refractivity contribution in [1.29, 1.82) is 0 Å². The summed E-state index contributed by atoms with van der Waals surface area (Å²) in [7, 11) is -1.09. The summed E-state index contributed by atoms with van der Waals surface area (Å²) in [5.74, 6) is 0.268. The Hall–Kier alpha value is 0.0200. The maximum absolute atomic E-state index is 12.5. The molecule has 0 spiro atoms. The number of hydrogen-bond acceptors (Lipinski definition) is 3. The average Bonchev–Trinajstić information content (AvgIpc) is 2.28. The Morgan fingerprint density at radius 1 is 1.11 bits per heavy atom. The summed E-state index contributed by atoms with van der Waals surface area (Å²) in [5, 5.41) is 0. The Morgan fingerprint density at radius 3 is 1.94 bits per heavy atom. The molecule has 0 aliphatic rings. The van der Waals surface area contributed by atoms with Crippen molar-refractivity contribution in [2.24, 2.45) is 5.41 Å². The number of rotatable bonds is 9. The van der Waals surface area contributed by atoms with Crippen molar-refractivity contribution in [3.05, 3.63) is 0 Å². The lowest BCUT2D eigenvalue weighted by Gasteiger charge is -2.29. The van der Waals surface area contributed by atoms with Gasteiger partial charge in [-0.1, -0.05) is 40.5 Å². The van der Waals surface area contributed by atoms with E-state index in [-0.39, 0.29) is 16.9 Å². The van der Waals surface area contributed by atoms with Crippen LogP contribution in [-0.4, -0.2) is 24.7 Å². The monoisotopic (exact) mass is 276 g/mol. The molecule has 1 unspecified atom stereocenters. The zero-order chi connectivity index (χ0) is 14.2. The number of hydrogen-bond donors (Lipinski definition) is 0. The average molecular weight is 276 g/mol. The van der Waals surface area contributed by atoms with Gasteiger partial charge in [0, 0.05) is 5.41 Å². The number of unbranched alkanes of at least 4 members (excludes halogenated alkanes) is 1. The van der Waals surface area contributed by atoms with Crippen LogP contribution in [0.15, 0.2) is 0 Å². The van der Waals surface area contributed by atoms with Gasteiger partial charge in [-0.05, 0) is 20.3 Å². The molecule has 108 valence electrons. The molecule has 1 atom stereocenters. The maximum atomic E-state index is 12.5. The standard InChI is InChI=1S/C14H29O3P/c1-7-10-11-12(13(15)14(4,5)6)18(16-8-2)17-9-3/h12H,7-11H2,1-6H3. The lowest BCUT2D eigenvalue weighted by molar-refractivity contribution is -0.126. The van der Waals surface area contributed by atoms with Gasteiger partial charge < -0.3 is 9.05 Å². The molecule has 0 radical (unpaired) electrons. The molecule has 18 heavy (non-hydrogen) atoms. The van der Waals surface area contributed by atoms with Crippen LogP contribution in [0.4, 0.5) is 0 Å². The van der Waals surface area contributed by atoms with Crippen molar-refractivity contribution in [1.82, 2.24) is 0 Å². The van der Waals surface area contributed by atoms with Gasteiger partial charge in [-0.25, -0.2) is 0 Å². The van der Waals surface area contributed by atoms with E-state index in [0.717, 1.165) is 19.3 Å². The molecule has 0 aliphatic heterocycles. The van der Waals surface area contributed by atoms with Crippen LogP contribution in [0, 0.1) is 5.41 Å². The lowest BCUT2D eigenvalue weighted by atomic mass is 9.87. The fourth-order valence-electron chi connectivity index (χ4n) is 1.70. The zero-order valence-corrected chi connectivity index (χ0v) is 13.7. The third-order valence-corrected chi connectivity index (χ3v) is 4.67. The predicted octanol–water partition coefficient (Wildman–Crippen LogP) is 4.55. The van der Waals surface area contributed by atoms with E-state index < -0.39 is 8.38 Å². The SMILES string of the molecule is CCCCC(C(=O)C(C)(C)C)P(OCC)OCC. The second kappa shape index (κ2) is 9.01. The maximum Gasteiger partial charge on any atom is 0.181 e. The molecule has 0 saturated heterocycles. The molecule has 0 heterocycles. The molecule has 0 aromatic carbocycles. The number of ketones is 1. The van der Waals surface area contributed by atoms with Crippen LogP contribution in [-0.2, 0) is 13.8 Å². The van der Waals surface area contributed by atoms with Gasteiger partial charge in [0.05, 0.1) is 18.9 Å². The van der Waals surface area contributed by atoms with Gasteiger partial charge in [0.1, 0.15) is 5.78 Å². The summed E-state index contributed by atoms with van der Waals surface area (Å²) in [6.07, 6.45) is 3.01. The highest BCUT2D eigenvalue weighted by molar-refractivity contribution is 7.49. The smallest absolute Gasteiger partial charge is 0.181 e. The van der Waals surface area contributed by atoms with Gasteiger partial charge in [-0.2, -0.15) is 0 Å². The highest BCUT2D eigenvalue weighted by atomic mass is 31.2. The lowest BCUT2D eigenvalue weighted by Crippen LogP contribution is -2.32. The summed E-state index contributed by atoms with van der Waals surface area (Å²) in [4.78, 5) is 12.5. The Bertz CT molecular complexity index is 230.